The summed E-state index contributed by atoms with van der Waals surface area (Å²) in [7, 11) is 4.16. The third-order valence-electron chi connectivity index (χ3n) is 1.37. The first-order valence-electron chi connectivity index (χ1n) is 4.04. The second kappa shape index (κ2) is 6.16. The van der Waals surface area contributed by atoms with Gasteiger partial charge in [-0.05, 0) is 40.4 Å². The van der Waals surface area contributed by atoms with Gasteiger partial charge >= 0.3 is 0 Å². The minimum absolute atomic E-state index is 0.690. The van der Waals surface area contributed by atoms with E-state index in [1.54, 1.807) is 0 Å². The molecule has 0 aromatic rings. The van der Waals surface area contributed by atoms with Crippen molar-refractivity contribution in [2.45, 2.75) is 19.8 Å². The van der Waals surface area contributed by atoms with E-state index in [-0.39, 0.29) is 0 Å². The number of unbranched alkanes of at least 4 members (excludes halogenated alkanes) is 1. The van der Waals surface area contributed by atoms with Crippen LogP contribution < -0.4 is 5.73 Å². The van der Waals surface area contributed by atoms with Crippen LogP contribution in [0.3, 0.4) is 0 Å². The Kier molecular flexibility index (Phi) is 5.84. The van der Waals surface area contributed by atoms with Gasteiger partial charge in [0.25, 0.3) is 0 Å². The van der Waals surface area contributed by atoms with Crippen molar-refractivity contribution in [2.75, 3.05) is 27.2 Å². The lowest BCUT2D eigenvalue weighted by atomic mass is 10.3. The van der Waals surface area contributed by atoms with Crippen molar-refractivity contribution in [3.8, 4) is 0 Å². The zero-order valence-corrected chi connectivity index (χ0v) is 7.80. The molecule has 0 aliphatic heterocycles. The van der Waals surface area contributed by atoms with E-state index >= 15 is 0 Å². The molecule has 0 rings (SSSR count). The van der Waals surface area contributed by atoms with Crippen molar-refractivity contribution < 1.29 is 0 Å². The summed E-state index contributed by atoms with van der Waals surface area (Å²) < 4.78 is 0. The summed E-state index contributed by atoms with van der Waals surface area (Å²) in [6.45, 7) is 3.83. The molecule has 0 aromatic carbocycles. The zero-order valence-electron chi connectivity index (χ0n) is 7.80. The maximum Gasteiger partial charge on any atom is 0.0905 e. The van der Waals surface area contributed by atoms with Crippen LogP contribution in [-0.2, 0) is 0 Å². The Morgan fingerprint density at radius 1 is 1.36 bits per heavy atom. The molecule has 0 amide bonds. The van der Waals surface area contributed by atoms with Crippen LogP contribution in [0.5, 0.6) is 0 Å². The lowest BCUT2D eigenvalue weighted by molar-refractivity contribution is 0.396. The summed E-state index contributed by atoms with van der Waals surface area (Å²) in [6.07, 6.45) is 2.33. The van der Waals surface area contributed by atoms with Crippen LogP contribution in [-0.4, -0.2) is 37.9 Å². The Hall–Kier alpha value is -0.570. The van der Waals surface area contributed by atoms with Gasteiger partial charge in [-0.3, -0.25) is 4.99 Å². The lowest BCUT2D eigenvalue weighted by Gasteiger charge is -2.07. The first-order chi connectivity index (χ1) is 5.13. The highest BCUT2D eigenvalue weighted by Gasteiger charge is 1.89. The molecule has 11 heavy (non-hydrogen) atoms. The van der Waals surface area contributed by atoms with Crippen molar-refractivity contribution >= 4 is 5.84 Å². The number of hydrogen-bond acceptors (Lipinski definition) is 2. The molecule has 0 heterocycles. The zero-order chi connectivity index (χ0) is 8.69. The number of rotatable bonds is 5. The molecule has 0 saturated heterocycles. The molecule has 0 fully saturated rings. The highest BCUT2D eigenvalue weighted by atomic mass is 15.0. The Morgan fingerprint density at radius 3 is 2.45 bits per heavy atom. The molecule has 0 spiro atoms. The van der Waals surface area contributed by atoms with Crippen LogP contribution in [0.2, 0.25) is 0 Å². The predicted molar refractivity (Wildman–Crippen MR) is 50.0 cm³/mol. The fourth-order valence-corrected chi connectivity index (χ4v) is 0.795. The third kappa shape index (κ3) is 9.43. The molecule has 0 aromatic heterocycles. The van der Waals surface area contributed by atoms with E-state index in [1.165, 1.54) is 6.42 Å². The number of nitrogens with two attached hydrogens (primary N) is 1. The van der Waals surface area contributed by atoms with Gasteiger partial charge in [-0.25, -0.2) is 0 Å². The molecule has 0 radical (unpaired) electrons. The van der Waals surface area contributed by atoms with Crippen LogP contribution in [0.15, 0.2) is 4.99 Å². The van der Waals surface area contributed by atoms with Gasteiger partial charge in [-0.15, -0.1) is 0 Å². The second-order valence-electron chi connectivity index (χ2n) is 3.03. The Bertz CT molecular complexity index is 115. The summed E-state index contributed by atoms with van der Waals surface area (Å²) in [5.41, 5.74) is 5.37. The molecule has 2 N–H and O–H groups in total. The smallest absolute Gasteiger partial charge is 0.0905 e. The molecular weight excluding hydrogens is 138 g/mol. The highest BCUT2D eigenvalue weighted by molar-refractivity contribution is 5.77. The van der Waals surface area contributed by atoms with Crippen molar-refractivity contribution in [3.05, 3.63) is 0 Å². The highest BCUT2D eigenvalue weighted by Crippen LogP contribution is 1.90. The van der Waals surface area contributed by atoms with Crippen LogP contribution >= 0.6 is 0 Å². The molecule has 0 bridgehead atoms. The van der Waals surface area contributed by atoms with Crippen molar-refractivity contribution in [2.24, 2.45) is 10.7 Å². The van der Waals surface area contributed by atoms with Crippen molar-refractivity contribution in [1.82, 2.24) is 4.90 Å². The molecule has 0 unspecified atom stereocenters. The van der Waals surface area contributed by atoms with Gasteiger partial charge in [0.05, 0.1) is 5.84 Å². The topological polar surface area (TPSA) is 41.6 Å². The summed E-state index contributed by atoms with van der Waals surface area (Å²) >= 11 is 0. The first-order valence-corrected chi connectivity index (χ1v) is 4.04. The van der Waals surface area contributed by atoms with Gasteiger partial charge in [0.15, 0.2) is 0 Å². The number of hydrogen-bond donors (Lipinski definition) is 1. The molecule has 0 aliphatic carbocycles. The minimum atomic E-state index is 0.690. The van der Waals surface area contributed by atoms with Crippen LogP contribution in [0, 0.1) is 0 Å². The quantitative estimate of drug-likeness (QED) is 0.363. The SMILES string of the molecule is CC(N)=NCCCCN(C)C. The van der Waals surface area contributed by atoms with E-state index in [2.05, 4.69) is 24.0 Å². The van der Waals surface area contributed by atoms with Gasteiger partial charge in [0, 0.05) is 6.54 Å². The molecule has 0 aliphatic rings. The molecule has 0 saturated carbocycles. The minimum Gasteiger partial charge on any atom is -0.388 e. The van der Waals surface area contributed by atoms with Crippen LogP contribution in [0.4, 0.5) is 0 Å². The predicted octanol–water partition coefficient (Wildman–Crippen LogP) is 0.705. The Labute approximate surface area is 69.3 Å². The van der Waals surface area contributed by atoms with E-state index in [0.29, 0.717) is 5.84 Å². The molecule has 0 atom stereocenters. The van der Waals surface area contributed by atoms with Crippen molar-refractivity contribution in [3.63, 3.8) is 0 Å². The van der Waals surface area contributed by atoms with E-state index in [1.807, 2.05) is 6.92 Å². The van der Waals surface area contributed by atoms with E-state index in [9.17, 15) is 0 Å². The molecule has 3 heteroatoms. The Balaban J connectivity index is 3.09. The lowest BCUT2D eigenvalue weighted by Crippen LogP contribution is -2.13. The van der Waals surface area contributed by atoms with Gasteiger partial charge in [-0.2, -0.15) is 0 Å². The maximum absolute atomic E-state index is 5.37. The van der Waals surface area contributed by atoms with Gasteiger partial charge in [0.1, 0.15) is 0 Å². The molecular formula is C8H19N3. The summed E-state index contributed by atoms with van der Waals surface area (Å²) in [5, 5.41) is 0. The monoisotopic (exact) mass is 157 g/mol. The normalized spacial score (nSPS) is 12.5. The number of nitrogens with zero attached hydrogens (tertiary/aromatic N) is 2. The third-order valence-corrected chi connectivity index (χ3v) is 1.37. The van der Waals surface area contributed by atoms with E-state index in [0.717, 1.165) is 19.5 Å². The summed E-state index contributed by atoms with van der Waals surface area (Å²) in [6, 6.07) is 0. The average molecular weight is 157 g/mol. The average Bonchev–Trinajstić information content (AvgIpc) is 1.85. The van der Waals surface area contributed by atoms with Crippen LogP contribution in [0.1, 0.15) is 19.8 Å². The van der Waals surface area contributed by atoms with Gasteiger partial charge < -0.3 is 10.6 Å². The Morgan fingerprint density at radius 2 is 2.00 bits per heavy atom. The number of amidine groups is 1. The van der Waals surface area contributed by atoms with Gasteiger partial charge in [-0.1, -0.05) is 0 Å². The van der Waals surface area contributed by atoms with Crippen LogP contribution in [0.25, 0.3) is 0 Å². The van der Waals surface area contributed by atoms with Gasteiger partial charge in [0.2, 0.25) is 0 Å². The maximum atomic E-state index is 5.37. The first kappa shape index (κ1) is 10.4. The summed E-state index contributed by atoms with van der Waals surface area (Å²) in [5.74, 6) is 0.690. The van der Waals surface area contributed by atoms with E-state index in [4.69, 9.17) is 5.73 Å². The van der Waals surface area contributed by atoms with Crippen molar-refractivity contribution in [1.29, 1.82) is 0 Å². The summed E-state index contributed by atoms with van der Waals surface area (Å²) in [4.78, 5) is 6.28. The molecule has 3 nitrogen and oxygen atoms in total. The largest absolute Gasteiger partial charge is 0.388 e. The number of aliphatic imine (C=N–C) groups is 1. The second-order valence-corrected chi connectivity index (χ2v) is 3.03. The van der Waals surface area contributed by atoms with E-state index < -0.39 is 0 Å². The molecule has 66 valence electrons. The fourth-order valence-electron chi connectivity index (χ4n) is 0.795. The fraction of sp³-hybridized carbons (Fsp3) is 0.875. The standard InChI is InChI=1S/C8H19N3/c1-8(9)10-6-4-5-7-11(2)3/h4-7H2,1-3H3,(H2,9,10).